The fourth-order valence-corrected chi connectivity index (χ4v) is 2.31. The van der Waals surface area contributed by atoms with Crippen molar-refractivity contribution in [1.29, 1.82) is 0 Å². The van der Waals surface area contributed by atoms with Crippen LogP contribution in [0.4, 0.5) is 0 Å². The van der Waals surface area contributed by atoms with E-state index in [1.807, 2.05) is 25.1 Å². The molecule has 0 aromatic heterocycles. The molecule has 4 heteroatoms. The maximum absolute atomic E-state index is 12.1. The number of hydrogen-bond acceptors (Lipinski definition) is 4. The first-order valence-electron chi connectivity index (χ1n) is 8.22. The molecule has 0 heterocycles. The Bertz CT molecular complexity index is 882. The summed E-state index contributed by atoms with van der Waals surface area (Å²) in [6, 6.07) is 22.9. The van der Waals surface area contributed by atoms with Gasteiger partial charge in [-0.05, 0) is 48.9 Å². The molecule has 0 aliphatic rings. The lowest BCUT2D eigenvalue weighted by Crippen LogP contribution is -2.09. The average Bonchev–Trinajstić information content (AvgIpc) is 2.68. The summed E-state index contributed by atoms with van der Waals surface area (Å²) < 4.78 is 10.6. The largest absolute Gasteiger partial charge is 0.457 e. The molecule has 4 nitrogen and oxygen atoms in total. The van der Waals surface area contributed by atoms with Gasteiger partial charge in [-0.1, -0.05) is 48.0 Å². The summed E-state index contributed by atoms with van der Waals surface area (Å²) in [5.41, 5.74) is 2.82. The summed E-state index contributed by atoms with van der Waals surface area (Å²) in [7, 11) is 0. The summed E-state index contributed by atoms with van der Waals surface area (Å²) in [4.78, 5) is 24.1. The van der Waals surface area contributed by atoms with Crippen LogP contribution in [0, 0.1) is 6.92 Å². The van der Waals surface area contributed by atoms with Crippen molar-refractivity contribution in [2.24, 2.45) is 0 Å². The highest BCUT2D eigenvalue weighted by atomic mass is 16.5. The SMILES string of the molecule is Cc1ccc(C(=O)OCc2ccc(C(=O)Oc3ccccc3)cc2)cc1. The Balaban J connectivity index is 1.56. The van der Waals surface area contributed by atoms with Gasteiger partial charge >= 0.3 is 11.9 Å². The Morgan fingerprint density at radius 1 is 0.731 bits per heavy atom. The van der Waals surface area contributed by atoms with Crippen LogP contribution in [0.2, 0.25) is 0 Å². The van der Waals surface area contributed by atoms with E-state index in [1.165, 1.54) is 0 Å². The van der Waals surface area contributed by atoms with Gasteiger partial charge in [-0.2, -0.15) is 0 Å². The maximum atomic E-state index is 12.1. The summed E-state index contributed by atoms with van der Waals surface area (Å²) in [6.07, 6.45) is 0. The van der Waals surface area contributed by atoms with Crippen LogP contribution in [0.25, 0.3) is 0 Å². The van der Waals surface area contributed by atoms with Gasteiger partial charge in [0, 0.05) is 0 Å². The first kappa shape index (κ1) is 17.4. The molecule has 130 valence electrons. The zero-order valence-corrected chi connectivity index (χ0v) is 14.3. The standard InChI is InChI=1S/C22H18O4/c1-16-7-11-18(12-8-16)21(23)25-15-17-9-13-19(14-10-17)22(24)26-20-5-3-2-4-6-20/h2-14H,15H2,1H3. The van der Waals surface area contributed by atoms with Gasteiger partial charge in [-0.3, -0.25) is 0 Å². The van der Waals surface area contributed by atoms with E-state index >= 15 is 0 Å². The topological polar surface area (TPSA) is 52.6 Å². The molecule has 0 saturated carbocycles. The van der Waals surface area contributed by atoms with Crippen LogP contribution in [0.5, 0.6) is 5.75 Å². The van der Waals surface area contributed by atoms with Crippen molar-refractivity contribution in [2.45, 2.75) is 13.5 Å². The molecule has 0 bridgehead atoms. The second-order valence-electron chi connectivity index (χ2n) is 5.84. The molecule has 0 fully saturated rings. The van der Waals surface area contributed by atoms with Gasteiger partial charge in [0.1, 0.15) is 12.4 Å². The minimum atomic E-state index is -0.431. The molecule has 0 radical (unpaired) electrons. The van der Waals surface area contributed by atoms with Gasteiger partial charge in [-0.15, -0.1) is 0 Å². The minimum Gasteiger partial charge on any atom is -0.457 e. The van der Waals surface area contributed by atoms with E-state index in [4.69, 9.17) is 9.47 Å². The quantitative estimate of drug-likeness (QED) is 0.501. The molecule has 3 rings (SSSR count). The molecule has 0 unspecified atom stereocenters. The van der Waals surface area contributed by atoms with E-state index < -0.39 is 5.97 Å². The van der Waals surface area contributed by atoms with Crippen LogP contribution in [-0.2, 0) is 11.3 Å². The van der Waals surface area contributed by atoms with E-state index in [9.17, 15) is 9.59 Å². The number of esters is 2. The molecular weight excluding hydrogens is 328 g/mol. The first-order valence-corrected chi connectivity index (χ1v) is 8.22. The molecule has 0 saturated heterocycles. The normalized spacial score (nSPS) is 10.2. The summed E-state index contributed by atoms with van der Waals surface area (Å²) in [5.74, 6) is -0.314. The molecule has 0 aliphatic carbocycles. The molecule has 0 spiro atoms. The number of rotatable bonds is 5. The number of ether oxygens (including phenoxy) is 2. The Morgan fingerprint density at radius 2 is 1.31 bits per heavy atom. The van der Waals surface area contributed by atoms with Crippen LogP contribution < -0.4 is 4.74 Å². The monoisotopic (exact) mass is 346 g/mol. The van der Waals surface area contributed by atoms with Crippen molar-refractivity contribution in [3.63, 3.8) is 0 Å². The summed E-state index contributed by atoms with van der Waals surface area (Å²) in [6.45, 7) is 2.10. The van der Waals surface area contributed by atoms with Gasteiger partial charge < -0.3 is 9.47 Å². The van der Waals surface area contributed by atoms with Gasteiger partial charge in [-0.25, -0.2) is 9.59 Å². The van der Waals surface area contributed by atoms with Crippen LogP contribution in [0.15, 0.2) is 78.9 Å². The highest BCUT2D eigenvalue weighted by Crippen LogP contribution is 2.13. The minimum absolute atomic E-state index is 0.140. The highest BCUT2D eigenvalue weighted by Gasteiger charge is 2.10. The predicted molar refractivity (Wildman–Crippen MR) is 98.1 cm³/mol. The molecule has 0 atom stereocenters. The number of benzene rings is 3. The number of carbonyl (C=O) groups is 2. The molecule has 3 aromatic rings. The zero-order valence-electron chi connectivity index (χ0n) is 14.3. The Labute approximate surface area is 152 Å². The number of carbonyl (C=O) groups excluding carboxylic acids is 2. The number of aryl methyl sites for hydroxylation is 1. The molecule has 26 heavy (non-hydrogen) atoms. The van der Waals surface area contributed by atoms with Gasteiger partial charge in [0.2, 0.25) is 0 Å². The van der Waals surface area contributed by atoms with Crippen LogP contribution in [0.1, 0.15) is 31.8 Å². The lowest BCUT2D eigenvalue weighted by molar-refractivity contribution is 0.0472. The van der Waals surface area contributed by atoms with E-state index in [1.54, 1.807) is 60.7 Å². The van der Waals surface area contributed by atoms with Crippen molar-refractivity contribution in [1.82, 2.24) is 0 Å². The van der Waals surface area contributed by atoms with Crippen molar-refractivity contribution >= 4 is 11.9 Å². The molecule has 3 aromatic carbocycles. The maximum Gasteiger partial charge on any atom is 0.343 e. The third kappa shape index (κ3) is 4.57. The van der Waals surface area contributed by atoms with Crippen LogP contribution in [-0.4, -0.2) is 11.9 Å². The Kier molecular flexibility index (Phi) is 5.44. The van der Waals surface area contributed by atoms with Crippen molar-refractivity contribution in [2.75, 3.05) is 0 Å². The Hall–Kier alpha value is -3.40. The summed E-state index contributed by atoms with van der Waals surface area (Å²) >= 11 is 0. The lowest BCUT2D eigenvalue weighted by Gasteiger charge is -2.07. The van der Waals surface area contributed by atoms with E-state index in [0.29, 0.717) is 16.9 Å². The van der Waals surface area contributed by atoms with Gasteiger partial charge in [0.05, 0.1) is 11.1 Å². The van der Waals surface area contributed by atoms with Crippen molar-refractivity contribution in [3.8, 4) is 5.75 Å². The van der Waals surface area contributed by atoms with Gasteiger partial charge in [0.15, 0.2) is 0 Å². The predicted octanol–water partition coefficient (Wildman–Crippen LogP) is 4.57. The van der Waals surface area contributed by atoms with E-state index in [0.717, 1.165) is 11.1 Å². The fourth-order valence-electron chi connectivity index (χ4n) is 2.31. The van der Waals surface area contributed by atoms with Crippen LogP contribution >= 0.6 is 0 Å². The number of hydrogen-bond donors (Lipinski definition) is 0. The second-order valence-corrected chi connectivity index (χ2v) is 5.84. The van der Waals surface area contributed by atoms with E-state index in [2.05, 4.69) is 0 Å². The zero-order chi connectivity index (χ0) is 18.4. The molecule has 0 amide bonds. The smallest absolute Gasteiger partial charge is 0.343 e. The Morgan fingerprint density at radius 3 is 1.96 bits per heavy atom. The third-order valence-electron chi connectivity index (χ3n) is 3.80. The van der Waals surface area contributed by atoms with Crippen molar-refractivity contribution in [3.05, 3.63) is 101 Å². The molecular formula is C22H18O4. The highest BCUT2D eigenvalue weighted by molar-refractivity contribution is 5.91. The fraction of sp³-hybridized carbons (Fsp3) is 0.0909. The third-order valence-corrected chi connectivity index (χ3v) is 3.80. The van der Waals surface area contributed by atoms with Crippen molar-refractivity contribution < 1.29 is 19.1 Å². The molecule has 0 aliphatic heterocycles. The second kappa shape index (κ2) is 8.12. The van der Waals surface area contributed by atoms with E-state index in [-0.39, 0.29) is 12.6 Å². The average molecular weight is 346 g/mol. The molecule has 0 N–H and O–H groups in total. The first-order chi connectivity index (χ1) is 12.6. The van der Waals surface area contributed by atoms with Gasteiger partial charge in [0.25, 0.3) is 0 Å². The van der Waals surface area contributed by atoms with Crippen LogP contribution in [0.3, 0.4) is 0 Å². The number of para-hydroxylation sites is 1. The lowest BCUT2D eigenvalue weighted by atomic mass is 10.1. The summed E-state index contributed by atoms with van der Waals surface area (Å²) in [5, 5.41) is 0.